The summed E-state index contributed by atoms with van der Waals surface area (Å²) >= 11 is 1.69. The number of thiazole rings is 1. The Morgan fingerprint density at radius 1 is 1.56 bits per heavy atom. The van der Waals surface area contributed by atoms with Crippen LogP contribution in [-0.2, 0) is 11.2 Å². The summed E-state index contributed by atoms with van der Waals surface area (Å²) in [6.07, 6.45) is 3.77. The van der Waals surface area contributed by atoms with Crippen molar-refractivity contribution in [2.75, 3.05) is 26.3 Å². The molecule has 2 heterocycles. The van der Waals surface area contributed by atoms with E-state index in [2.05, 4.69) is 23.7 Å². The van der Waals surface area contributed by atoms with Gasteiger partial charge in [0.1, 0.15) is 0 Å². The monoisotopic (exact) mass is 269 g/mol. The van der Waals surface area contributed by atoms with E-state index in [1.807, 2.05) is 11.6 Å². The van der Waals surface area contributed by atoms with E-state index in [-0.39, 0.29) is 11.6 Å². The molecule has 0 bridgehead atoms. The van der Waals surface area contributed by atoms with Crippen LogP contribution in [0.5, 0.6) is 0 Å². The Labute approximate surface area is 113 Å². The molecule has 0 spiro atoms. The fourth-order valence-corrected chi connectivity index (χ4v) is 3.23. The average molecular weight is 269 g/mol. The highest BCUT2D eigenvalue weighted by Gasteiger charge is 2.37. The first-order chi connectivity index (χ1) is 8.66. The summed E-state index contributed by atoms with van der Waals surface area (Å²) in [5.74, 6) is 0. The Hall–Kier alpha value is -0.490. The molecule has 1 fully saturated rings. The zero-order chi connectivity index (χ0) is 13.0. The summed E-state index contributed by atoms with van der Waals surface area (Å²) in [7, 11) is 0. The minimum atomic E-state index is 0.0372. The normalized spacial score (nSPS) is 22.6. The van der Waals surface area contributed by atoms with Crippen LogP contribution in [0.15, 0.2) is 11.6 Å². The first kappa shape index (κ1) is 13.9. The van der Waals surface area contributed by atoms with Gasteiger partial charge in [0.05, 0.1) is 18.2 Å². The Balaban J connectivity index is 2.04. The molecule has 1 aromatic rings. The van der Waals surface area contributed by atoms with Gasteiger partial charge in [-0.1, -0.05) is 6.92 Å². The van der Waals surface area contributed by atoms with E-state index in [9.17, 15) is 0 Å². The standard InChI is InChI=1S/C13H23N3OS/c1-3-13(2,16-5-7-17-8-6-16)11(14)10-12-15-4-9-18-12/h4,9,11H,3,5-8,10,14H2,1-2H3. The molecular weight excluding hydrogens is 246 g/mol. The van der Waals surface area contributed by atoms with Gasteiger partial charge in [-0.3, -0.25) is 4.90 Å². The molecule has 2 atom stereocenters. The van der Waals surface area contributed by atoms with Gasteiger partial charge in [0.15, 0.2) is 0 Å². The number of ether oxygens (including phenoxy) is 1. The summed E-state index contributed by atoms with van der Waals surface area (Å²) in [6, 6.07) is 0.117. The van der Waals surface area contributed by atoms with Crippen LogP contribution in [0.4, 0.5) is 0 Å². The molecule has 4 nitrogen and oxygen atoms in total. The van der Waals surface area contributed by atoms with Gasteiger partial charge in [-0.2, -0.15) is 0 Å². The van der Waals surface area contributed by atoms with E-state index >= 15 is 0 Å². The molecule has 2 rings (SSSR count). The molecule has 18 heavy (non-hydrogen) atoms. The molecule has 2 N–H and O–H groups in total. The largest absolute Gasteiger partial charge is 0.379 e. The highest BCUT2D eigenvalue weighted by atomic mass is 32.1. The van der Waals surface area contributed by atoms with E-state index in [0.29, 0.717) is 0 Å². The second kappa shape index (κ2) is 6.10. The summed E-state index contributed by atoms with van der Waals surface area (Å²) in [5.41, 5.74) is 6.51. The maximum atomic E-state index is 6.47. The summed E-state index contributed by atoms with van der Waals surface area (Å²) < 4.78 is 5.43. The van der Waals surface area contributed by atoms with E-state index in [1.54, 1.807) is 11.3 Å². The van der Waals surface area contributed by atoms with E-state index in [0.717, 1.165) is 44.2 Å². The lowest BCUT2D eigenvalue weighted by molar-refractivity contribution is -0.0272. The summed E-state index contributed by atoms with van der Waals surface area (Å²) in [6.45, 7) is 8.10. The van der Waals surface area contributed by atoms with Gasteiger partial charge in [-0.25, -0.2) is 4.98 Å². The molecule has 1 aromatic heterocycles. The SMILES string of the molecule is CCC(C)(C(N)Cc1nccs1)N1CCOCC1. The lowest BCUT2D eigenvalue weighted by Gasteiger charge is -2.46. The minimum absolute atomic E-state index is 0.0372. The predicted octanol–water partition coefficient (Wildman–Crippen LogP) is 1.51. The highest BCUT2D eigenvalue weighted by Crippen LogP contribution is 2.26. The molecule has 0 saturated carbocycles. The summed E-state index contributed by atoms with van der Waals surface area (Å²) in [5, 5.41) is 3.15. The van der Waals surface area contributed by atoms with Crippen LogP contribution in [0, 0.1) is 0 Å². The van der Waals surface area contributed by atoms with Crippen molar-refractivity contribution in [3.8, 4) is 0 Å². The molecule has 1 aliphatic rings. The third-order valence-electron chi connectivity index (χ3n) is 4.13. The molecular formula is C13H23N3OS. The maximum Gasteiger partial charge on any atom is 0.0940 e. The van der Waals surface area contributed by atoms with Crippen molar-refractivity contribution in [2.45, 2.75) is 38.3 Å². The third-order valence-corrected chi connectivity index (χ3v) is 4.93. The van der Waals surface area contributed by atoms with Gasteiger partial charge in [0.2, 0.25) is 0 Å². The maximum absolute atomic E-state index is 6.47. The van der Waals surface area contributed by atoms with Crippen molar-refractivity contribution in [1.82, 2.24) is 9.88 Å². The second-order valence-corrected chi connectivity index (χ2v) is 6.03. The number of rotatable bonds is 5. The average Bonchev–Trinajstić information content (AvgIpc) is 2.91. The third kappa shape index (κ3) is 2.91. The quantitative estimate of drug-likeness (QED) is 0.880. The van der Waals surface area contributed by atoms with E-state index in [4.69, 9.17) is 10.5 Å². The van der Waals surface area contributed by atoms with E-state index < -0.39 is 0 Å². The fraction of sp³-hybridized carbons (Fsp3) is 0.769. The zero-order valence-electron chi connectivity index (χ0n) is 11.3. The summed E-state index contributed by atoms with van der Waals surface area (Å²) in [4.78, 5) is 6.83. The molecule has 2 unspecified atom stereocenters. The second-order valence-electron chi connectivity index (χ2n) is 5.05. The van der Waals surface area contributed by atoms with Crippen LogP contribution in [0.25, 0.3) is 0 Å². The van der Waals surface area contributed by atoms with Crippen LogP contribution < -0.4 is 5.73 Å². The molecule has 102 valence electrons. The van der Waals surface area contributed by atoms with Crippen LogP contribution in [0.3, 0.4) is 0 Å². The van der Waals surface area contributed by atoms with Crippen molar-refractivity contribution in [3.05, 3.63) is 16.6 Å². The molecule has 1 aliphatic heterocycles. The Kier molecular flexibility index (Phi) is 4.72. The van der Waals surface area contributed by atoms with Crippen molar-refractivity contribution in [2.24, 2.45) is 5.73 Å². The number of nitrogens with two attached hydrogens (primary N) is 1. The Morgan fingerprint density at radius 3 is 2.83 bits per heavy atom. The van der Waals surface area contributed by atoms with Crippen molar-refractivity contribution in [3.63, 3.8) is 0 Å². The van der Waals surface area contributed by atoms with Crippen LogP contribution in [-0.4, -0.2) is 47.8 Å². The lowest BCUT2D eigenvalue weighted by Crippen LogP contribution is -2.61. The molecule has 0 aromatic carbocycles. The van der Waals surface area contributed by atoms with E-state index in [1.165, 1.54) is 0 Å². The van der Waals surface area contributed by atoms with Crippen LogP contribution in [0.1, 0.15) is 25.3 Å². The Bertz CT molecular complexity index is 351. The number of aromatic nitrogens is 1. The van der Waals surface area contributed by atoms with Crippen molar-refractivity contribution >= 4 is 11.3 Å². The van der Waals surface area contributed by atoms with Crippen molar-refractivity contribution < 1.29 is 4.74 Å². The van der Waals surface area contributed by atoms with Gasteiger partial charge in [0.25, 0.3) is 0 Å². The lowest BCUT2D eigenvalue weighted by atomic mass is 9.85. The Morgan fingerprint density at radius 2 is 2.28 bits per heavy atom. The number of morpholine rings is 1. The minimum Gasteiger partial charge on any atom is -0.379 e. The molecule has 0 amide bonds. The van der Waals surface area contributed by atoms with Crippen LogP contribution in [0.2, 0.25) is 0 Å². The number of hydrogen-bond donors (Lipinski definition) is 1. The molecule has 0 aliphatic carbocycles. The van der Waals surface area contributed by atoms with Crippen molar-refractivity contribution in [1.29, 1.82) is 0 Å². The van der Waals surface area contributed by atoms with Crippen LogP contribution >= 0.6 is 11.3 Å². The van der Waals surface area contributed by atoms with Gasteiger partial charge >= 0.3 is 0 Å². The first-order valence-corrected chi connectivity index (χ1v) is 7.51. The first-order valence-electron chi connectivity index (χ1n) is 6.63. The van der Waals surface area contributed by atoms with Gasteiger partial charge < -0.3 is 10.5 Å². The smallest absolute Gasteiger partial charge is 0.0940 e. The zero-order valence-corrected chi connectivity index (χ0v) is 12.1. The number of hydrogen-bond acceptors (Lipinski definition) is 5. The van der Waals surface area contributed by atoms with Gasteiger partial charge in [0, 0.05) is 42.7 Å². The van der Waals surface area contributed by atoms with Gasteiger partial charge in [-0.15, -0.1) is 11.3 Å². The molecule has 1 saturated heterocycles. The predicted molar refractivity (Wildman–Crippen MR) is 74.9 cm³/mol. The molecule has 5 heteroatoms. The number of nitrogens with zero attached hydrogens (tertiary/aromatic N) is 2. The molecule has 0 radical (unpaired) electrons. The highest BCUT2D eigenvalue weighted by molar-refractivity contribution is 7.09. The fourth-order valence-electron chi connectivity index (χ4n) is 2.56. The van der Waals surface area contributed by atoms with Gasteiger partial charge in [-0.05, 0) is 13.3 Å². The topological polar surface area (TPSA) is 51.4 Å².